The predicted octanol–water partition coefficient (Wildman–Crippen LogP) is 0.995. The lowest BCUT2D eigenvalue weighted by Crippen LogP contribution is -2.24. The van der Waals surface area contributed by atoms with Gasteiger partial charge in [-0.2, -0.15) is 5.10 Å². The summed E-state index contributed by atoms with van der Waals surface area (Å²) in [4.78, 5) is 15.6. The van der Waals surface area contributed by atoms with Gasteiger partial charge >= 0.3 is 0 Å². The Labute approximate surface area is 87.2 Å². The highest BCUT2D eigenvalue weighted by Gasteiger charge is 2.00. The first-order valence-corrected chi connectivity index (χ1v) is 4.69. The van der Waals surface area contributed by atoms with Crippen LogP contribution >= 0.6 is 0 Å². The van der Waals surface area contributed by atoms with Crippen LogP contribution in [0.25, 0.3) is 0 Å². The van der Waals surface area contributed by atoms with Crippen LogP contribution in [0.1, 0.15) is 11.1 Å². The fourth-order valence-electron chi connectivity index (χ4n) is 1.33. The van der Waals surface area contributed by atoms with Crippen LogP contribution in [0, 0.1) is 6.92 Å². The number of hydrogen-bond acceptors (Lipinski definition) is 3. The molecule has 76 valence electrons. The first-order chi connectivity index (χ1) is 7.27. The lowest BCUT2D eigenvalue weighted by molar-refractivity contribution is 0.632. The van der Waals surface area contributed by atoms with Crippen molar-refractivity contribution in [1.29, 1.82) is 0 Å². The van der Waals surface area contributed by atoms with Crippen LogP contribution in [-0.4, -0.2) is 14.8 Å². The molecular weight excluding hydrogens is 190 g/mol. The minimum Gasteiger partial charge on any atom is -0.268 e. The molecule has 0 unspecified atom stereocenters. The third kappa shape index (κ3) is 2.10. The van der Waals surface area contributed by atoms with Crippen molar-refractivity contribution in [3.63, 3.8) is 0 Å². The van der Waals surface area contributed by atoms with E-state index in [9.17, 15) is 4.79 Å². The van der Waals surface area contributed by atoms with Gasteiger partial charge in [0.25, 0.3) is 5.56 Å². The molecule has 4 nitrogen and oxygen atoms in total. The van der Waals surface area contributed by atoms with Gasteiger partial charge in [0.1, 0.15) is 0 Å². The molecule has 2 heterocycles. The van der Waals surface area contributed by atoms with Gasteiger partial charge in [-0.3, -0.25) is 9.78 Å². The molecule has 0 saturated heterocycles. The van der Waals surface area contributed by atoms with E-state index in [0.717, 1.165) is 5.56 Å². The fourth-order valence-corrected chi connectivity index (χ4v) is 1.33. The summed E-state index contributed by atoms with van der Waals surface area (Å²) in [6, 6.07) is 5.47. The topological polar surface area (TPSA) is 47.8 Å². The van der Waals surface area contributed by atoms with Crippen LogP contribution in [0.5, 0.6) is 0 Å². The van der Waals surface area contributed by atoms with Crippen molar-refractivity contribution in [3.8, 4) is 0 Å². The molecule has 0 fully saturated rings. The third-order valence-electron chi connectivity index (χ3n) is 2.16. The zero-order valence-electron chi connectivity index (χ0n) is 8.42. The Hall–Kier alpha value is -1.97. The van der Waals surface area contributed by atoms with Crippen LogP contribution in [0.2, 0.25) is 0 Å². The van der Waals surface area contributed by atoms with E-state index in [0.29, 0.717) is 12.1 Å². The zero-order chi connectivity index (χ0) is 10.7. The Kier molecular flexibility index (Phi) is 2.58. The molecule has 0 aliphatic carbocycles. The summed E-state index contributed by atoms with van der Waals surface area (Å²) in [6.07, 6.45) is 5.07. The molecule has 0 aliphatic rings. The summed E-state index contributed by atoms with van der Waals surface area (Å²) in [5.41, 5.74) is 1.62. The van der Waals surface area contributed by atoms with E-state index < -0.39 is 0 Å². The van der Waals surface area contributed by atoms with E-state index in [1.54, 1.807) is 31.6 Å². The molecule has 0 amide bonds. The van der Waals surface area contributed by atoms with Crippen LogP contribution in [-0.2, 0) is 6.54 Å². The van der Waals surface area contributed by atoms with Gasteiger partial charge in [0.05, 0.1) is 6.54 Å². The summed E-state index contributed by atoms with van der Waals surface area (Å²) in [5, 5.41) is 4.01. The second-order valence-electron chi connectivity index (χ2n) is 3.34. The zero-order valence-corrected chi connectivity index (χ0v) is 8.42. The van der Waals surface area contributed by atoms with Gasteiger partial charge in [0.15, 0.2) is 0 Å². The number of pyridine rings is 1. The molecule has 15 heavy (non-hydrogen) atoms. The number of nitrogens with zero attached hydrogens (tertiary/aromatic N) is 3. The predicted molar refractivity (Wildman–Crippen MR) is 56.6 cm³/mol. The SMILES string of the molecule is Cc1ccnn(Cc2cccnc2)c1=O. The van der Waals surface area contributed by atoms with Crippen molar-refractivity contribution >= 4 is 0 Å². The Bertz CT molecular complexity index is 505. The average molecular weight is 201 g/mol. The van der Waals surface area contributed by atoms with Crippen molar-refractivity contribution in [2.75, 3.05) is 0 Å². The molecule has 2 aromatic rings. The highest BCUT2D eigenvalue weighted by Crippen LogP contribution is 1.97. The van der Waals surface area contributed by atoms with Crippen LogP contribution in [0.3, 0.4) is 0 Å². The maximum atomic E-state index is 11.7. The van der Waals surface area contributed by atoms with Crippen LogP contribution < -0.4 is 5.56 Å². The van der Waals surface area contributed by atoms with Crippen molar-refractivity contribution in [2.45, 2.75) is 13.5 Å². The van der Waals surface area contributed by atoms with E-state index >= 15 is 0 Å². The monoisotopic (exact) mass is 201 g/mol. The molecule has 0 bridgehead atoms. The van der Waals surface area contributed by atoms with E-state index in [2.05, 4.69) is 10.1 Å². The number of hydrogen-bond donors (Lipinski definition) is 0. The molecule has 0 spiro atoms. The minimum absolute atomic E-state index is 0.0543. The Morgan fingerprint density at radius 1 is 1.33 bits per heavy atom. The smallest absolute Gasteiger partial charge is 0.268 e. The van der Waals surface area contributed by atoms with Gasteiger partial charge in [-0.1, -0.05) is 6.07 Å². The molecule has 0 N–H and O–H groups in total. The molecule has 4 heteroatoms. The summed E-state index contributed by atoms with van der Waals surface area (Å²) in [7, 11) is 0. The maximum absolute atomic E-state index is 11.7. The Balaban J connectivity index is 2.33. The van der Waals surface area contributed by atoms with Crippen LogP contribution in [0.15, 0.2) is 41.6 Å². The van der Waals surface area contributed by atoms with E-state index in [4.69, 9.17) is 0 Å². The van der Waals surface area contributed by atoms with Crippen molar-refractivity contribution in [2.24, 2.45) is 0 Å². The standard InChI is InChI=1S/C11H11N3O/c1-9-4-6-13-14(11(9)15)8-10-3-2-5-12-7-10/h2-7H,8H2,1H3. The molecule has 2 aromatic heterocycles. The van der Waals surface area contributed by atoms with Gasteiger partial charge in [0.2, 0.25) is 0 Å². The Morgan fingerprint density at radius 2 is 2.20 bits per heavy atom. The quantitative estimate of drug-likeness (QED) is 0.728. The number of rotatable bonds is 2. The van der Waals surface area contributed by atoms with Gasteiger partial charge in [0, 0.05) is 24.2 Å². The van der Waals surface area contributed by atoms with Crippen molar-refractivity contribution < 1.29 is 0 Å². The fraction of sp³-hybridized carbons (Fsp3) is 0.182. The summed E-state index contributed by atoms with van der Waals surface area (Å²) in [6.45, 7) is 2.25. The largest absolute Gasteiger partial charge is 0.269 e. The summed E-state index contributed by atoms with van der Waals surface area (Å²) < 4.78 is 1.44. The maximum Gasteiger partial charge on any atom is 0.269 e. The Morgan fingerprint density at radius 3 is 2.93 bits per heavy atom. The highest BCUT2D eigenvalue weighted by atomic mass is 16.1. The van der Waals surface area contributed by atoms with Gasteiger partial charge < -0.3 is 0 Å². The summed E-state index contributed by atoms with van der Waals surface area (Å²) >= 11 is 0. The van der Waals surface area contributed by atoms with Gasteiger partial charge in [-0.15, -0.1) is 0 Å². The third-order valence-corrected chi connectivity index (χ3v) is 2.16. The number of aromatic nitrogens is 3. The second-order valence-corrected chi connectivity index (χ2v) is 3.34. The van der Waals surface area contributed by atoms with Gasteiger partial charge in [-0.05, 0) is 24.6 Å². The summed E-state index contributed by atoms with van der Waals surface area (Å²) in [5.74, 6) is 0. The van der Waals surface area contributed by atoms with Crippen molar-refractivity contribution in [1.82, 2.24) is 14.8 Å². The normalized spacial score (nSPS) is 10.2. The lowest BCUT2D eigenvalue weighted by atomic mass is 10.3. The van der Waals surface area contributed by atoms with Gasteiger partial charge in [-0.25, -0.2) is 4.68 Å². The molecule has 0 aromatic carbocycles. The highest BCUT2D eigenvalue weighted by molar-refractivity contribution is 5.10. The average Bonchev–Trinajstić information content (AvgIpc) is 2.26. The first-order valence-electron chi connectivity index (χ1n) is 4.69. The molecule has 2 rings (SSSR count). The van der Waals surface area contributed by atoms with Crippen LogP contribution in [0.4, 0.5) is 0 Å². The molecule has 0 atom stereocenters. The first kappa shape index (κ1) is 9.58. The van der Waals surface area contributed by atoms with E-state index in [1.165, 1.54) is 4.68 Å². The minimum atomic E-state index is -0.0543. The molecule has 0 radical (unpaired) electrons. The second kappa shape index (κ2) is 4.04. The molecule has 0 aliphatic heterocycles. The van der Waals surface area contributed by atoms with E-state index in [-0.39, 0.29) is 5.56 Å². The lowest BCUT2D eigenvalue weighted by Gasteiger charge is -2.04. The van der Waals surface area contributed by atoms with Crippen molar-refractivity contribution in [3.05, 3.63) is 58.3 Å². The molecule has 0 saturated carbocycles. The number of aryl methyl sites for hydroxylation is 1. The molecular formula is C11H11N3O. The van der Waals surface area contributed by atoms with E-state index in [1.807, 2.05) is 12.1 Å².